The highest BCUT2D eigenvalue weighted by molar-refractivity contribution is 6.45. The van der Waals surface area contributed by atoms with E-state index in [4.69, 9.17) is 27.9 Å². The first-order valence-electron chi connectivity index (χ1n) is 8.38. The summed E-state index contributed by atoms with van der Waals surface area (Å²) in [6.07, 6.45) is 0.619. The number of fused-ring (bicyclic) bond motifs is 1. The van der Waals surface area contributed by atoms with E-state index in [-0.39, 0.29) is 15.8 Å². The number of halogens is 2. The summed E-state index contributed by atoms with van der Waals surface area (Å²) in [4.78, 5) is 12.5. The predicted octanol–water partition coefficient (Wildman–Crippen LogP) is 4.52. The summed E-state index contributed by atoms with van der Waals surface area (Å²) < 4.78 is 5.89. The molecule has 138 valence electrons. The van der Waals surface area contributed by atoms with Crippen molar-refractivity contribution in [3.05, 3.63) is 57.1 Å². The van der Waals surface area contributed by atoms with Gasteiger partial charge in [-0.05, 0) is 28.8 Å². The fourth-order valence-corrected chi connectivity index (χ4v) is 3.74. The number of hydrogen-bond donors (Lipinski definition) is 1. The normalized spacial score (nSPS) is 15.0. The van der Waals surface area contributed by atoms with Crippen LogP contribution in [0.5, 0.6) is 5.75 Å². The number of rotatable bonds is 4. The fraction of sp³-hybridized carbons (Fsp3) is 0.263. The molecule has 8 heteroatoms. The number of ketones is 1. The summed E-state index contributed by atoms with van der Waals surface area (Å²) >= 11 is 12.7. The molecule has 0 radical (unpaired) electrons. The van der Waals surface area contributed by atoms with Gasteiger partial charge in [0.15, 0.2) is 5.78 Å². The molecule has 1 aliphatic carbocycles. The molecule has 0 atom stereocenters. The van der Waals surface area contributed by atoms with Crippen molar-refractivity contribution < 1.29 is 9.53 Å². The Bertz CT molecular complexity index is 1020. The number of aromatic amines is 1. The maximum atomic E-state index is 12.5. The van der Waals surface area contributed by atoms with Crippen LogP contribution in [0, 0.1) is 5.41 Å². The lowest BCUT2D eigenvalue weighted by Crippen LogP contribution is -2.19. The third kappa shape index (κ3) is 3.19. The zero-order chi connectivity index (χ0) is 19.2. The standard InChI is InChI=1S/C19H16Cl2N4O2/c1-19(2)8-12-7-13(15(20)16(21)14(12)17(19)26)27-9-10-3-5-11(6-4-10)18-22-24-25-23-18/h3-7H,8-9H2,1-2H3,(H,22,23,24,25). The van der Waals surface area contributed by atoms with Crippen molar-refractivity contribution in [3.8, 4) is 17.1 Å². The first kappa shape index (κ1) is 17.9. The van der Waals surface area contributed by atoms with Crippen LogP contribution in [0.4, 0.5) is 0 Å². The molecule has 0 spiro atoms. The Hall–Kier alpha value is -2.44. The maximum absolute atomic E-state index is 12.5. The summed E-state index contributed by atoms with van der Waals surface area (Å²) in [6.45, 7) is 4.13. The number of tetrazole rings is 1. The molecule has 0 unspecified atom stereocenters. The fourth-order valence-electron chi connectivity index (χ4n) is 3.23. The van der Waals surface area contributed by atoms with Crippen LogP contribution in [0.15, 0.2) is 30.3 Å². The average Bonchev–Trinajstić information content (AvgIpc) is 3.25. The second kappa shape index (κ2) is 6.62. The monoisotopic (exact) mass is 402 g/mol. The minimum absolute atomic E-state index is 0.0213. The Morgan fingerprint density at radius 1 is 1.19 bits per heavy atom. The molecule has 4 rings (SSSR count). The third-order valence-electron chi connectivity index (χ3n) is 4.68. The van der Waals surface area contributed by atoms with Crippen molar-refractivity contribution in [2.45, 2.75) is 26.9 Å². The van der Waals surface area contributed by atoms with Gasteiger partial charge >= 0.3 is 0 Å². The van der Waals surface area contributed by atoms with E-state index >= 15 is 0 Å². The lowest BCUT2D eigenvalue weighted by molar-refractivity contribution is 0.0863. The molecule has 27 heavy (non-hydrogen) atoms. The number of H-pyrrole nitrogens is 1. The predicted molar refractivity (Wildman–Crippen MR) is 102 cm³/mol. The van der Waals surface area contributed by atoms with Crippen molar-refractivity contribution >= 4 is 29.0 Å². The van der Waals surface area contributed by atoms with Crippen molar-refractivity contribution in [3.63, 3.8) is 0 Å². The van der Waals surface area contributed by atoms with E-state index in [0.29, 0.717) is 30.2 Å². The number of hydrogen-bond acceptors (Lipinski definition) is 5. The third-order valence-corrected chi connectivity index (χ3v) is 5.53. The van der Waals surface area contributed by atoms with Crippen LogP contribution >= 0.6 is 23.2 Å². The van der Waals surface area contributed by atoms with Crippen LogP contribution in [0.2, 0.25) is 10.0 Å². The number of nitrogens with zero attached hydrogens (tertiary/aromatic N) is 3. The summed E-state index contributed by atoms with van der Waals surface area (Å²) in [7, 11) is 0. The summed E-state index contributed by atoms with van der Waals surface area (Å²) in [5, 5.41) is 14.4. The lowest BCUT2D eigenvalue weighted by Gasteiger charge is -2.13. The second-order valence-electron chi connectivity index (χ2n) is 7.15. The average molecular weight is 403 g/mol. The zero-order valence-corrected chi connectivity index (χ0v) is 16.2. The molecule has 0 bridgehead atoms. The molecule has 1 aromatic heterocycles. The number of benzene rings is 2. The van der Waals surface area contributed by atoms with Gasteiger partial charge in [0.25, 0.3) is 0 Å². The van der Waals surface area contributed by atoms with E-state index in [1.807, 2.05) is 44.2 Å². The quantitative estimate of drug-likeness (QED) is 0.693. The maximum Gasteiger partial charge on any atom is 0.204 e. The van der Waals surface area contributed by atoms with Crippen LogP contribution in [-0.4, -0.2) is 26.4 Å². The van der Waals surface area contributed by atoms with Gasteiger partial charge in [-0.1, -0.05) is 61.3 Å². The number of carbonyl (C=O) groups is 1. The van der Waals surface area contributed by atoms with E-state index in [1.54, 1.807) is 0 Å². The molecule has 3 aromatic rings. The molecule has 0 saturated carbocycles. The van der Waals surface area contributed by atoms with E-state index in [1.165, 1.54) is 0 Å². The van der Waals surface area contributed by atoms with Crippen LogP contribution in [0.25, 0.3) is 11.4 Å². The molecular weight excluding hydrogens is 387 g/mol. The molecule has 0 fully saturated rings. The van der Waals surface area contributed by atoms with Crippen LogP contribution in [0.1, 0.15) is 35.3 Å². The second-order valence-corrected chi connectivity index (χ2v) is 7.90. The largest absolute Gasteiger partial charge is 0.487 e. The number of aromatic nitrogens is 4. The van der Waals surface area contributed by atoms with Gasteiger partial charge in [0.2, 0.25) is 5.82 Å². The Morgan fingerprint density at radius 2 is 1.93 bits per heavy atom. The molecule has 0 saturated heterocycles. The Kier molecular flexibility index (Phi) is 4.40. The van der Waals surface area contributed by atoms with Gasteiger partial charge in [0.05, 0.1) is 5.02 Å². The summed E-state index contributed by atoms with van der Waals surface area (Å²) in [6, 6.07) is 9.44. The highest BCUT2D eigenvalue weighted by atomic mass is 35.5. The van der Waals surface area contributed by atoms with Gasteiger partial charge in [0, 0.05) is 16.5 Å². The minimum Gasteiger partial charge on any atom is -0.487 e. The molecule has 0 amide bonds. The van der Waals surface area contributed by atoms with Crippen LogP contribution in [-0.2, 0) is 13.0 Å². The molecular formula is C19H16Cl2N4O2. The van der Waals surface area contributed by atoms with Crippen molar-refractivity contribution in [2.24, 2.45) is 5.41 Å². The van der Waals surface area contributed by atoms with Crippen molar-refractivity contribution in [2.75, 3.05) is 0 Å². The van der Waals surface area contributed by atoms with Crippen LogP contribution < -0.4 is 4.74 Å². The number of Topliss-reactive ketones (excluding diaryl/α,β-unsaturated/α-hetero) is 1. The number of ether oxygens (including phenoxy) is 1. The first-order chi connectivity index (χ1) is 12.9. The van der Waals surface area contributed by atoms with Gasteiger partial charge in [0.1, 0.15) is 17.4 Å². The molecule has 1 N–H and O–H groups in total. The van der Waals surface area contributed by atoms with E-state index < -0.39 is 5.41 Å². The molecule has 6 nitrogen and oxygen atoms in total. The van der Waals surface area contributed by atoms with Crippen molar-refractivity contribution in [1.82, 2.24) is 20.6 Å². The molecule has 1 heterocycles. The molecule has 0 aliphatic heterocycles. The van der Waals surface area contributed by atoms with E-state index in [0.717, 1.165) is 16.7 Å². The highest BCUT2D eigenvalue weighted by Crippen LogP contribution is 2.46. The van der Waals surface area contributed by atoms with Gasteiger partial charge in [-0.25, -0.2) is 0 Å². The Labute approximate surface area is 165 Å². The Morgan fingerprint density at radius 3 is 2.59 bits per heavy atom. The van der Waals surface area contributed by atoms with Gasteiger partial charge in [-0.2, -0.15) is 5.21 Å². The highest BCUT2D eigenvalue weighted by Gasteiger charge is 2.40. The van der Waals surface area contributed by atoms with E-state index in [2.05, 4.69) is 20.6 Å². The topological polar surface area (TPSA) is 80.8 Å². The smallest absolute Gasteiger partial charge is 0.204 e. The molecule has 1 aliphatic rings. The zero-order valence-electron chi connectivity index (χ0n) is 14.7. The number of carbonyl (C=O) groups excluding carboxylic acids is 1. The minimum atomic E-state index is -0.473. The van der Waals surface area contributed by atoms with Gasteiger partial charge in [-0.15, -0.1) is 10.2 Å². The van der Waals surface area contributed by atoms with Gasteiger partial charge in [-0.3, -0.25) is 4.79 Å². The van der Waals surface area contributed by atoms with Crippen LogP contribution in [0.3, 0.4) is 0 Å². The van der Waals surface area contributed by atoms with E-state index in [9.17, 15) is 4.79 Å². The SMILES string of the molecule is CC1(C)Cc2cc(OCc3ccc(-c4nn[nH]n4)cc3)c(Cl)c(Cl)c2C1=O. The first-order valence-corrected chi connectivity index (χ1v) is 9.13. The van der Waals surface area contributed by atoms with Crippen molar-refractivity contribution in [1.29, 1.82) is 0 Å². The lowest BCUT2D eigenvalue weighted by atomic mass is 9.89. The van der Waals surface area contributed by atoms with Gasteiger partial charge < -0.3 is 4.74 Å². The Balaban J connectivity index is 1.54. The number of nitrogens with one attached hydrogen (secondary N) is 1. The summed E-state index contributed by atoms with van der Waals surface area (Å²) in [5.74, 6) is 1.03. The summed E-state index contributed by atoms with van der Waals surface area (Å²) in [5.41, 5.74) is 2.72. The molecule has 2 aromatic carbocycles.